The molecule has 0 spiro atoms. The van der Waals surface area contributed by atoms with Gasteiger partial charge in [0.25, 0.3) is 0 Å². The maximum Gasteiger partial charge on any atom is 0.326 e. The molecule has 3 rings (SSSR count). The first-order valence-corrected chi connectivity index (χ1v) is 8.12. The van der Waals surface area contributed by atoms with E-state index >= 15 is 0 Å². The first-order valence-electron chi connectivity index (χ1n) is 7.30. The van der Waals surface area contributed by atoms with Crippen molar-refractivity contribution in [1.29, 1.82) is 0 Å². The molecule has 0 aliphatic rings. The highest BCUT2D eigenvalue weighted by molar-refractivity contribution is 7.18. The standard InChI is InChI=1S/C17H17N3O2S/c1-10-11(2)23-16-14(10)15(18-9-19-16)20-13(17(21)22)8-12-6-4-3-5-7-12/h3-7,9,13H,8H2,1-2H3,(H,21,22)(H,18,19,20)/t13-/m1/s1. The predicted molar refractivity (Wildman–Crippen MR) is 92.1 cm³/mol. The Morgan fingerprint density at radius 1 is 1.26 bits per heavy atom. The molecule has 6 heteroatoms. The maximum absolute atomic E-state index is 11.6. The Bertz CT molecular complexity index is 846. The fourth-order valence-corrected chi connectivity index (χ4v) is 3.50. The largest absolute Gasteiger partial charge is 0.480 e. The van der Waals surface area contributed by atoms with Crippen molar-refractivity contribution < 1.29 is 9.90 Å². The lowest BCUT2D eigenvalue weighted by Crippen LogP contribution is -2.32. The molecule has 2 N–H and O–H groups in total. The van der Waals surface area contributed by atoms with Gasteiger partial charge in [-0.05, 0) is 25.0 Å². The van der Waals surface area contributed by atoms with Gasteiger partial charge >= 0.3 is 5.97 Å². The normalized spacial score (nSPS) is 12.3. The number of nitrogens with one attached hydrogen (secondary N) is 1. The molecule has 0 saturated carbocycles. The number of hydrogen-bond donors (Lipinski definition) is 2. The highest BCUT2D eigenvalue weighted by Gasteiger charge is 2.21. The van der Waals surface area contributed by atoms with Crippen molar-refractivity contribution in [1.82, 2.24) is 9.97 Å². The minimum Gasteiger partial charge on any atom is -0.480 e. The van der Waals surface area contributed by atoms with Crippen LogP contribution in [-0.2, 0) is 11.2 Å². The van der Waals surface area contributed by atoms with Crippen molar-refractivity contribution in [2.24, 2.45) is 0 Å². The van der Waals surface area contributed by atoms with Crippen molar-refractivity contribution in [2.75, 3.05) is 5.32 Å². The van der Waals surface area contributed by atoms with E-state index in [9.17, 15) is 9.90 Å². The van der Waals surface area contributed by atoms with Gasteiger partial charge in [-0.15, -0.1) is 11.3 Å². The summed E-state index contributed by atoms with van der Waals surface area (Å²) in [5.41, 5.74) is 2.06. The summed E-state index contributed by atoms with van der Waals surface area (Å²) in [6.07, 6.45) is 1.87. The van der Waals surface area contributed by atoms with Crippen LogP contribution in [0.25, 0.3) is 10.2 Å². The summed E-state index contributed by atoms with van der Waals surface area (Å²) >= 11 is 1.59. The summed E-state index contributed by atoms with van der Waals surface area (Å²) in [5.74, 6) is -0.314. The van der Waals surface area contributed by atoms with Crippen molar-refractivity contribution >= 4 is 33.3 Å². The second-order valence-corrected chi connectivity index (χ2v) is 6.61. The number of carbonyl (C=O) groups is 1. The fraction of sp³-hybridized carbons (Fsp3) is 0.235. The number of carboxylic acid groups (broad SMARTS) is 1. The van der Waals surface area contributed by atoms with Gasteiger partial charge in [-0.25, -0.2) is 14.8 Å². The minimum atomic E-state index is -0.898. The highest BCUT2D eigenvalue weighted by Crippen LogP contribution is 2.32. The molecule has 5 nitrogen and oxygen atoms in total. The van der Waals surface area contributed by atoms with Crippen LogP contribution in [0.2, 0.25) is 0 Å². The van der Waals surface area contributed by atoms with E-state index in [0.717, 1.165) is 21.3 Å². The van der Waals surface area contributed by atoms with Crippen molar-refractivity contribution in [2.45, 2.75) is 26.3 Å². The molecule has 118 valence electrons. The average Bonchev–Trinajstić information content (AvgIpc) is 2.83. The number of benzene rings is 1. The number of aliphatic carboxylic acids is 1. The van der Waals surface area contributed by atoms with Crippen LogP contribution in [0.15, 0.2) is 36.7 Å². The van der Waals surface area contributed by atoms with E-state index in [2.05, 4.69) is 15.3 Å². The molecule has 0 unspecified atom stereocenters. The number of thiophene rings is 1. The fourth-order valence-electron chi connectivity index (χ4n) is 2.51. The van der Waals surface area contributed by atoms with E-state index in [-0.39, 0.29) is 0 Å². The second-order valence-electron chi connectivity index (χ2n) is 5.41. The highest BCUT2D eigenvalue weighted by atomic mass is 32.1. The van der Waals surface area contributed by atoms with Crippen LogP contribution in [0.4, 0.5) is 5.82 Å². The topological polar surface area (TPSA) is 75.1 Å². The third-order valence-corrected chi connectivity index (χ3v) is 4.97. The van der Waals surface area contributed by atoms with Crippen LogP contribution in [-0.4, -0.2) is 27.1 Å². The van der Waals surface area contributed by atoms with Crippen LogP contribution >= 0.6 is 11.3 Å². The second kappa shape index (κ2) is 6.34. The molecule has 0 aliphatic heterocycles. The van der Waals surface area contributed by atoms with E-state index in [1.807, 2.05) is 44.2 Å². The van der Waals surface area contributed by atoms with Crippen LogP contribution in [0.1, 0.15) is 16.0 Å². The Labute approximate surface area is 138 Å². The van der Waals surface area contributed by atoms with E-state index in [0.29, 0.717) is 12.2 Å². The molecule has 2 heterocycles. The molecule has 0 saturated heterocycles. The van der Waals surface area contributed by atoms with Gasteiger partial charge in [0, 0.05) is 11.3 Å². The van der Waals surface area contributed by atoms with Crippen molar-refractivity contribution in [3.05, 3.63) is 52.7 Å². The van der Waals surface area contributed by atoms with Crippen LogP contribution in [0.5, 0.6) is 0 Å². The minimum absolute atomic E-state index is 0.393. The summed E-state index contributed by atoms with van der Waals surface area (Å²) in [6, 6.07) is 8.83. The molecule has 1 atom stereocenters. The number of rotatable bonds is 5. The Morgan fingerprint density at radius 3 is 2.70 bits per heavy atom. The van der Waals surface area contributed by atoms with Crippen molar-refractivity contribution in [3.8, 4) is 0 Å². The quantitative estimate of drug-likeness (QED) is 0.751. The first-order chi connectivity index (χ1) is 11.1. The third kappa shape index (κ3) is 3.17. The average molecular weight is 327 g/mol. The molecule has 0 fully saturated rings. The van der Waals surface area contributed by atoms with E-state index in [4.69, 9.17) is 0 Å². The molecule has 0 radical (unpaired) electrons. The van der Waals surface area contributed by atoms with Gasteiger partial charge in [0.15, 0.2) is 0 Å². The first kappa shape index (κ1) is 15.4. The summed E-state index contributed by atoms with van der Waals surface area (Å²) in [6.45, 7) is 4.04. The lowest BCUT2D eigenvalue weighted by Gasteiger charge is -2.16. The number of hydrogen-bond acceptors (Lipinski definition) is 5. The zero-order valence-electron chi connectivity index (χ0n) is 12.9. The molecule has 0 bridgehead atoms. The Hall–Kier alpha value is -2.47. The van der Waals surface area contributed by atoms with Gasteiger partial charge in [-0.3, -0.25) is 0 Å². The van der Waals surface area contributed by atoms with Gasteiger partial charge in [0.1, 0.15) is 23.0 Å². The molecule has 0 aliphatic carbocycles. The van der Waals surface area contributed by atoms with Crippen LogP contribution < -0.4 is 5.32 Å². The third-order valence-electron chi connectivity index (χ3n) is 3.86. The summed E-state index contributed by atoms with van der Waals surface area (Å²) in [5, 5.41) is 13.5. The number of nitrogens with zero attached hydrogens (tertiary/aromatic N) is 2. The number of carboxylic acids is 1. The number of anilines is 1. The van der Waals surface area contributed by atoms with Gasteiger partial charge < -0.3 is 10.4 Å². The monoisotopic (exact) mass is 327 g/mol. The molecular weight excluding hydrogens is 310 g/mol. The predicted octanol–water partition coefficient (Wildman–Crippen LogP) is 3.42. The van der Waals surface area contributed by atoms with E-state index < -0.39 is 12.0 Å². The number of fused-ring (bicyclic) bond motifs is 1. The molecular formula is C17H17N3O2S. The van der Waals surface area contributed by atoms with E-state index in [1.54, 1.807) is 11.3 Å². The molecule has 0 amide bonds. The summed E-state index contributed by atoms with van der Waals surface area (Å²) in [7, 11) is 0. The SMILES string of the molecule is Cc1sc2ncnc(N[C@H](Cc3ccccc3)C(=O)O)c2c1C. The smallest absolute Gasteiger partial charge is 0.326 e. The van der Waals surface area contributed by atoms with Crippen LogP contribution in [0, 0.1) is 13.8 Å². The molecule has 2 aromatic heterocycles. The lowest BCUT2D eigenvalue weighted by atomic mass is 10.1. The number of aromatic nitrogens is 2. The Balaban J connectivity index is 1.93. The van der Waals surface area contributed by atoms with Gasteiger partial charge in [0.2, 0.25) is 0 Å². The lowest BCUT2D eigenvalue weighted by molar-refractivity contribution is -0.137. The molecule has 23 heavy (non-hydrogen) atoms. The zero-order chi connectivity index (χ0) is 16.4. The summed E-state index contributed by atoms with van der Waals surface area (Å²) in [4.78, 5) is 22.2. The van der Waals surface area contributed by atoms with Gasteiger partial charge in [-0.2, -0.15) is 0 Å². The zero-order valence-corrected chi connectivity index (χ0v) is 13.7. The summed E-state index contributed by atoms with van der Waals surface area (Å²) < 4.78 is 0. The van der Waals surface area contributed by atoms with Gasteiger partial charge in [0.05, 0.1) is 5.39 Å². The molecule has 3 aromatic rings. The van der Waals surface area contributed by atoms with Gasteiger partial charge in [-0.1, -0.05) is 30.3 Å². The maximum atomic E-state index is 11.6. The Kier molecular flexibility index (Phi) is 4.25. The molecule has 1 aromatic carbocycles. The van der Waals surface area contributed by atoms with Crippen molar-refractivity contribution in [3.63, 3.8) is 0 Å². The van der Waals surface area contributed by atoms with E-state index in [1.165, 1.54) is 11.2 Å². The Morgan fingerprint density at radius 2 is 2.00 bits per heavy atom. The number of aryl methyl sites for hydroxylation is 2. The van der Waals surface area contributed by atoms with Crippen LogP contribution in [0.3, 0.4) is 0 Å².